The minimum absolute atomic E-state index is 0.199. The van der Waals surface area contributed by atoms with Crippen LogP contribution < -0.4 is 4.73 Å². The third kappa shape index (κ3) is 1.74. The molecule has 1 aromatic heterocycles. The van der Waals surface area contributed by atoms with E-state index in [9.17, 15) is 14.4 Å². The molecule has 1 aromatic rings. The van der Waals surface area contributed by atoms with Crippen LogP contribution in [0.5, 0.6) is 0 Å². The Bertz CT molecular complexity index is 328. The third-order valence-electron chi connectivity index (χ3n) is 1.58. The molecule has 0 saturated heterocycles. The van der Waals surface area contributed by atoms with Gasteiger partial charge in [-0.15, -0.1) is 0 Å². The number of rotatable bonds is 1. The summed E-state index contributed by atoms with van der Waals surface area (Å²) in [6.07, 6.45) is 1.79. The van der Waals surface area contributed by atoms with Crippen LogP contribution in [0, 0.1) is 17.9 Å². The number of ether oxygens (including phenoxy) is 1. The summed E-state index contributed by atoms with van der Waals surface area (Å²) in [6.45, 7) is 1.46. The Morgan fingerprint density at radius 1 is 1.62 bits per heavy atom. The number of nitrogens with zero attached hydrogens (tertiary/aromatic N) is 1. The lowest BCUT2D eigenvalue weighted by Gasteiger charge is -2.04. The topological polar surface area (TPSA) is 53.2 Å². The maximum Gasteiger partial charge on any atom is 0.341 e. The Balaban J connectivity index is 3.28. The van der Waals surface area contributed by atoms with E-state index >= 15 is 0 Å². The van der Waals surface area contributed by atoms with Crippen molar-refractivity contribution in [2.75, 3.05) is 7.11 Å². The van der Waals surface area contributed by atoms with E-state index < -0.39 is 11.8 Å². The van der Waals surface area contributed by atoms with Crippen LogP contribution in [0.15, 0.2) is 12.4 Å². The molecule has 0 atom stereocenters. The summed E-state index contributed by atoms with van der Waals surface area (Å²) in [5, 5.41) is 10.7. The monoisotopic (exact) mass is 185 g/mol. The fourth-order valence-electron chi connectivity index (χ4n) is 1.02. The van der Waals surface area contributed by atoms with Gasteiger partial charge in [-0.25, -0.2) is 4.79 Å². The van der Waals surface area contributed by atoms with Crippen LogP contribution in [0.25, 0.3) is 0 Å². The Labute approximate surface area is 74.1 Å². The second-order valence-corrected chi connectivity index (χ2v) is 2.52. The molecule has 0 bridgehead atoms. The summed E-state index contributed by atoms with van der Waals surface area (Å²) in [4.78, 5) is 11.0. The average Bonchev–Trinajstić information content (AvgIpc) is 2.02. The van der Waals surface area contributed by atoms with Gasteiger partial charge in [-0.05, 0) is 6.92 Å². The SMILES string of the molecule is COC(=O)c1c(C)c[n+]([O-])cc1F. The molecule has 0 radical (unpaired) electrons. The highest BCUT2D eigenvalue weighted by Gasteiger charge is 2.18. The molecule has 0 aromatic carbocycles. The molecule has 0 aliphatic rings. The van der Waals surface area contributed by atoms with Crippen molar-refractivity contribution in [2.24, 2.45) is 0 Å². The van der Waals surface area contributed by atoms with Crippen molar-refractivity contribution in [3.8, 4) is 0 Å². The largest absolute Gasteiger partial charge is 0.619 e. The second-order valence-electron chi connectivity index (χ2n) is 2.52. The number of hydrogen-bond acceptors (Lipinski definition) is 3. The molecule has 0 spiro atoms. The maximum absolute atomic E-state index is 13.0. The van der Waals surface area contributed by atoms with Gasteiger partial charge in [-0.2, -0.15) is 9.12 Å². The molecule has 13 heavy (non-hydrogen) atoms. The first-order valence-electron chi connectivity index (χ1n) is 3.53. The lowest BCUT2D eigenvalue weighted by molar-refractivity contribution is -0.607. The van der Waals surface area contributed by atoms with E-state index in [0.29, 0.717) is 10.9 Å². The van der Waals surface area contributed by atoms with Crippen molar-refractivity contribution in [1.29, 1.82) is 0 Å². The fraction of sp³-hybridized carbons (Fsp3) is 0.250. The quantitative estimate of drug-likeness (QED) is 0.365. The van der Waals surface area contributed by atoms with Gasteiger partial charge in [0.15, 0.2) is 6.20 Å². The van der Waals surface area contributed by atoms with Crippen LogP contribution >= 0.6 is 0 Å². The third-order valence-corrected chi connectivity index (χ3v) is 1.58. The number of pyridine rings is 1. The van der Waals surface area contributed by atoms with E-state index in [1.165, 1.54) is 6.92 Å². The van der Waals surface area contributed by atoms with Crippen molar-refractivity contribution >= 4 is 5.97 Å². The summed E-state index contributed by atoms with van der Waals surface area (Å²) < 4.78 is 17.7. The smallest absolute Gasteiger partial charge is 0.341 e. The Hall–Kier alpha value is -1.65. The van der Waals surface area contributed by atoms with Crippen LogP contribution in [-0.4, -0.2) is 13.1 Å². The van der Waals surface area contributed by atoms with Gasteiger partial charge >= 0.3 is 5.97 Å². The first-order valence-corrected chi connectivity index (χ1v) is 3.53. The van der Waals surface area contributed by atoms with Crippen molar-refractivity contribution in [2.45, 2.75) is 6.92 Å². The first-order chi connectivity index (χ1) is 6.06. The molecule has 0 fully saturated rings. The average molecular weight is 185 g/mol. The van der Waals surface area contributed by atoms with Crippen molar-refractivity contribution in [3.05, 3.63) is 34.5 Å². The maximum atomic E-state index is 13.0. The van der Waals surface area contributed by atoms with Crippen LogP contribution in [0.2, 0.25) is 0 Å². The number of aryl methyl sites for hydroxylation is 1. The van der Waals surface area contributed by atoms with Crippen molar-refractivity contribution in [1.82, 2.24) is 0 Å². The number of carbonyl (C=O) groups excluding carboxylic acids is 1. The van der Waals surface area contributed by atoms with Gasteiger partial charge in [0.25, 0.3) is 0 Å². The molecule has 70 valence electrons. The predicted octanol–water partition coefficient (Wildman–Crippen LogP) is 0.554. The zero-order valence-electron chi connectivity index (χ0n) is 7.20. The van der Waals surface area contributed by atoms with Crippen molar-refractivity contribution < 1.29 is 18.7 Å². The highest BCUT2D eigenvalue weighted by molar-refractivity contribution is 5.90. The van der Waals surface area contributed by atoms with Gasteiger partial charge in [0.1, 0.15) is 5.56 Å². The molecule has 0 saturated carbocycles. The predicted molar refractivity (Wildman–Crippen MR) is 41.4 cm³/mol. The molecule has 0 amide bonds. The molecule has 5 heteroatoms. The molecule has 0 aliphatic carbocycles. The zero-order valence-corrected chi connectivity index (χ0v) is 7.20. The summed E-state index contributed by atoms with van der Waals surface area (Å²) >= 11 is 0. The minimum Gasteiger partial charge on any atom is -0.619 e. The van der Waals surface area contributed by atoms with Gasteiger partial charge in [0.05, 0.1) is 7.11 Å². The molecule has 0 N–H and O–H groups in total. The van der Waals surface area contributed by atoms with E-state index in [1.807, 2.05) is 0 Å². The standard InChI is InChI=1S/C8H8FNO3/c1-5-3-10(12)4-6(9)7(5)8(11)13-2/h3-4H,1-2H3. The van der Waals surface area contributed by atoms with Gasteiger partial charge < -0.3 is 9.94 Å². The molecular weight excluding hydrogens is 177 g/mol. The zero-order chi connectivity index (χ0) is 10.0. The second kappa shape index (κ2) is 3.38. The number of aromatic nitrogens is 1. The first kappa shape index (κ1) is 9.44. The molecular formula is C8H8FNO3. The minimum atomic E-state index is -0.873. The van der Waals surface area contributed by atoms with E-state index in [4.69, 9.17) is 0 Å². The van der Waals surface area contributed by atoms with E-state index in [1.54, 1.807) is 0 Å². The van der Waals surface area contributed by atoms with Crippen LogP contribution in [-0.2, 0) is 4.74 Å². The number of halogens is 1. The fourth-order valence-corrected chi connectivity index (χ4v) is 1.02. The normalized spacial score (nSPS) is 9.77. The van der Waals surface area contributed by atoms with E-state index in [0.717, 1.165) is 13.3 Å². The lowest BCUT2D eigenvalue weighted by atomic mass is 10.1. The molecule has 4 nitrogen and oxygen atoms in total. The summed E-state index contributed by atoms with van der Waals surface area (Å²) in [6, 6.07) is 0. The van der Waals surface area contributed by atoms with Gasteiger partial charge in [0.2, 0.25) is 12.0 Å². The van der Waals surface area contributed by atoms with E-state index in [-0.39, 0.29) is 11.1 Å². The Morgan fingerprint density at radius 2 is 2.23 bits per heavy atom. The summed E-state index contributed by atoms with van der Waals surface area (Å²) in [5.74, 6) is -1.66. The lowest BCUT2D eigenvalue weighted by Crippen LogP contribution is -2.28. The number of hydrogen-bond donors (Lipinski definition) is 0. The van der Waals surface area contributed by atoms with E-state index in [2.05, 4.69) is 4.74 Å². The Kier molecular flexibility index (Phi) is 2.46. The highest BCUT2D eigenvalue weighted by atomic mass is 19.1. The number of esters is 1. The molecule has 0 unspecified atom stereocenters. The van der Waals surface area contributed by atoms with Gasteiger partial charge in [-0.1, -0.05) is 0 Å². The van der Waals surface area contributed by atoms with Crippen molar-refractivity contribution in [3.63, 3.8) is 0 Å². The molecule has 0 aliphatic heterocycles. The number of carbonyl (C=O) groups is 1. The Morgan fingerprint density at radius 3 is 2.69 bits per heavy atom. The summed E-state index contributed by atoms with van der Waals surface area (Å²) in [7, 11) is 1.15. The molecule has 1 rings (SSSR count). The number of methoxy groups -OCH3 is 1. The van der Waals surface area contributed by atoms with Crippen LogP contribution in [0.1, 0.15) is 15.9 Å². The van der Waals surface area contributed by atoms with Crippen LogP contribution in [0.4, 0.5) is 4.39 Å². The summed E-state index contributed by atoms with van der Waals surface area (Å²) in [5.41, 5.74) is 0.0523. The highest BCUT2D eigenvalue weighted by Crippen LogP contribution is 2.10. The van der Waals surface area contributed by atoms with Crippen LogP contribution in [0.3, 0.4) is 0 Å². The van der Waals surface area contributed by atoms with Gasteiger partial charge in [0, 0.05) is 5.56 Å². The molecule has 1 heterocycles. The van der Waals surface area contributed by atoms with Gasteiger partial charge in [-0.3, -0.25) is 0 Å².